The predicted octanol–water partition coefficient (Wildman–Crippen LogP) is 3.51. The number of nitrogens with zero attached hydrogens (tertiary/aromatic N) is 1. The molecule has 0 atom stereocenters. The Balaban J connectivity index is 2.02. The highest BCUT2D eigenvalue weighted by atomic mass is 14.7. The third-order valence-electron chi connectivity index (χ3n) is 2.58. The summed E-state index contributed by atoms with van der Waals surface area (Å²) in [5, 5.41) is 0. The lowest BCUT2D eigenvalue weighted by Crippen LogP contribution is -1.93. The van der Waals surface area contributed by atoms with Crippen LogP contribution in [-0.4, -0.2) is 4.98 Å². The zero-order valence-electron chi connectivity index (χ0n) is 9.26. The Bertz CT molecular complexity index is 460. The Labute approximate surface area is 96.5 Å². The summed E-state index contributed by atoms with van der Waals surface area (Å²) in [6.07, 6.45) is 5.74. The molecular formula is C15H15N. The maximum absolute atomic E-state index is 4.32. The van der Waals surface area contributed by atoms with Gasteiger partial charge >= 0.3 is 0 Å². The van der Waals surface area contributed by atoms with Crippen molar-refractivity contribution in [2.45, 2.75) is 12.8 Å². The van der Waals surface area contributed by atoms with Gasteiger partial charge in [0.1, 0.15) is 0 Å². The van der Waals surface area contributed by atoms with Gasteiger partial charge in [-0.05, 0) is 36.1 Å². The number of hydrogen-bond acceptors (Lipinski definition) is 1. The van der Waals surface area contributed by atoms with E-state index in [1.807, 2.05) is 24.4 Å². The highest BCUT2D eigenvalue weighted by Crippen LogP contribution is 2.09. The van der Waals surface area contributed by atoms with Gasteiger partial charge in [-0.2, -0.15) is 0 Å². The van der Waals surface area contributed by atoms with E-state index in [0.717, 1.165) is 18.5 Å². The minimum absolute atomic E-state index is 0.988. The maximum atomic E-state index is 4.32. The van der Waals surface area contributed by atoms with E-state index in [-0.39, 0.29) is 0 Å². The second-order valence-corrected chi connectivity index (χ2v) is 3.77. The number of rotatable bonds is 4. The highest BCUT2D eigenvalue weighted by molar-refractivity contribution is 5.47. The summed E-state index contributed by atoms with van der Waals surface area (Å²) in [5.74, 6) is 0. The molecular weight excluding hydrogens is 194 g/mol. The molecule has 1 nitrogen and oxygen atoms in total. The molecule has 0 N–H and O–H groups in total. The summed E-state index contributed by atoms with van der Waals surface area (Å²) in [6, 6.07) is 14.5. The first kappa shape index (κ1) is 10.6. The van der Waals surface area contributed by atoms with Crippen LogP contribution in [0.1, 0.15) is 16.8 Å². The zero-order valence-corrected chi connectivity index (χ0v) is 9.26. The molecule has 1 heterocycles. The van der Waals surface area contributed by atoms with E-state index in [4.69, 9.17) is 0 Å². The number of pyridine rings is 1. The van der Waals surface area contributed by atoms with Gasteiger partial charge in [0.25, 0.3) is 0 Å². The average molecular weight is 209 g/mol. The lowest BCUT2D eigenvalue weighted by Gasteiger charge is -2.02. The van der Waals surface area contributed by atoms with Crippen molar-refractivity contribution in [1.82, 2.24) is 4.98 Å². The van der Waals surface area contributed by atoms with Gasteiger partial charge in [0.05, 0.1) is 0 Å². The molecule has 0 aliphatic heterocycles. The molecule has 0 bridgehead atoms. The van der Waals surface area contributed by atoms with Crippen LogP contribution in [0.5, 0.6) is 0 Å². The molecule has 0 aliphatic carbocycles. The molecule has 0 fully saturated rings. The lowest BCUT2D eigenvalue weighted by molar-refractivity contribution is 0.913. The molecule has 1 heteroatoms. The first-order valence-electron chi connectivity index (χ1n) is 5.50. The third-order valence-corrected chi connectivity index (χ3v) is 2.58. The normalized spacial score (nSPS) is 10.0. The van der Waals surface area contributed by atoms with Crippen molar-refractivity contribution >= 4 is 6.08 Å². The van der Waals surface area contributed by atoms with Crippen molar-refractivity contribution in [3.05, 3.63) is 72.1 Å². The van der Waals surface area contributed by atoms with Crippen LogP contribution in [0.2, 0.25) is 0 Å². The number of aryl methyl sites for hydroxylation is 2. The van der Waals surface area contributed by atoms with E-state index in [1.165, 1.54) is 11.1 Å². The van der Waals surface area contributed by atoms with Crippen molar-refractivity contribution in [3.8, 4) is 0 Å². The fourth-order valence-corrected chi connectivity index (χ4v) is 1.69. The molecule has 80 valence electrons. The quantitative estimate of drug-likeness (QED) is 0.751. The van der Waals surface area contributed by atoms with E-state index in [2.05, 4.69) is 41.9 Å². The van der Waals surface area contributed by atoms with Crippen LogP contribution in [0.4, 0.5) is 0 Å². The van der Waals surface area contributed by atoms with Gasteiger partial charge in [-0.1, -0.05) is 43.0 Å². The van der Waals surface area contributed by atoms with Crippen LogP contribution < -0.4 is 0 Å². The van der Waals surface area contributed by atoms with E-state index in [0.29, 0.717) is 0 Å². The Kier molecular flexibility index (Phi) is 3.50. The van der Waals surface area contributed by atoms with Crippen molar-refractivity contribution in [2.24, 2.45) is 0 Å². The molecule has 0 saturated heterocycles. The van der Waals surface area contributed by atoms with E-state index >= 15 is 0 Å². The second kappa shape index (κ2) is 5.26. The van der Waals surface area contributed by atoms with Crippen LogP contribution in [0, 0.1) is 0 Å². The number of hydrogen-bond donors (Lipinski definition) is 0. The van der Waals surface area contributed by atoms with Gasteiger partial charge in [-0.25, -0.2) is 0 Å². The van der Waals surface area contributed by atoms with Crippen LogP contribution >= 0.6 is 0 Å². The Morgan fingerprint density at radius 3 is 2.75 bits per heavy atom. The fraction of sp³-hybridized carbons (Fsp3) is 0.133. The Morgan fingerprint density at radius 1 is 1.06 bits per heavy atom. The van der Waals surface area contributed by atoms with Crippen molar-refractivity contribution in [1.29, 1.82) is 0 Å². The van der Waals surface area contributed by atoms with Crippen LogP contribution in [0.15, 0.2) is 55.2 Å². The molecule has 1 aromatic carbocycles. The summed E-state index contributed by atoms with van der Waals surface area (Å²) >= 11 is 0. The van der Waals surface area contributed by atoms with E-state index in [9.17, 15) is 0 Å². The van der Waals surface area contributed by atoms with Gasteiger partial charge in [0.2, 0.25) is 0 Å². The molecule has 2 rings (SSSR count). The standard InChI is InChI=1S/C15H15N/c1-2-13-6-5-7-14(12-13)9-10-15-8-3-4-11-16-15/h2-8,11-12H,1,9-10H2. The van der Waals surface area contributed by atoms with Gasteiger partial charge in [-0.3, -0.25) is 4.98 Å². The third kappa shape index (κ3) is 2.80. The Morgan fingerprint density at radius 2 is 2.00 bits per heavy atom. The molecule has 0 spiro atoms. The molecule has 2 aromatic rings. The summed E-state index contributed by atoms with van der Waals surface area (Å²) < 4.78 is 0. The molecule has 0 amide bonds. The van der Waals surface area contributed by atoms with Crippen molar-refractivity contribution in [3.63, 3.8) is 0 Å². The van der Waals surface area contributed by atoms with Crippen LogP contribution in [0.25, 0.3) is 6.08 Å². The first-order chi connectivity index (χ1) is 7.88. The predicted molar refractivity (Wildman–Crippen MR) is 68.2 cm³/mol. The van der Waals surface area contributed by atoms with Crippen molar-refractivity contribution in [2.75, 3.05) is 0 Å². The summed E-state index contributed by atoms with van der Waals surface area (Å²) in [6.45, 7) is 3.78. The van der Waals surface area contributed by atoms with Crippen LogP contribution in [0.3, 0.4) is 0 Å². The maximum Gasteiger partial charge on any atom is 0.0406 e. The van der Waals surface area contributed by atoms with Crippen LogP contribution in [-0.2, 0) is 12.8 Å². The van der Waals surface area contributed by atoms with Gasteiger partial charge in [0, 0.05) is 11.9 Å². The second-order valence-electron chi connectivity index (χ2n) is 3.77. The summed E-state index contributed by atoms with van der Waals surface area (Å²) in [4.78, 5) is 4.32. The number of aromatic nitrogens is 1. The lowest BCUT2D eigenvalue weighted by atomic mass is 10.1. The fourth-order valence-electron chi connectivity index (χ4n) is 1.69. The summed E-state index contributed by atoms with van der Waals surface area (Å²) in [7, 11) is 0. The Hall–Kier alpha value is -1.89. The molecule has 0 unspecified atom stereocenters. The van der Waals surface area contributed by atoms with Gasteiger partial charge < -0.3 is 0 Å². The summed E-state index contributed by atoms with van der Waals surface area (Å²) in [5.41, 5.74) is 3.66. The monoisotopic (exact) mass is 209 g/mol. The molecule has 1 aromatic heterocycles. The van der Waals surface area contributed by atoms with Gasteiger partial charge in [-0.15, -0.1) is 0 Å². The SMILES string of the molecule is C=Cc1cccc(CCc2ccccn2)c1. The minimum atomic E-state index is 0.988. The largest absolute Gasteiger partial charge is 0.261 e. The molecule has 0 aliphatic rings. The smallest absolute Gasteiger partial charge is 0.0406 e. The van der Waals surface area contributed by atoms with E-state index in [1.54, 1.807) is 0 Å². The topological polar surface area (TPSA) is 12.9 Å². The number of benzene rings is 1. The molecule has 0 saturated carbocycles. The molecule has 16 heavy (non-hydrogen) atoms. The zero-order chi connectivity index (χ0) is 11.2. The van der Waals surface area contributed by atoms with Gasteiger partial charge in [0.15, 0.2) is 0 Å². The first-order valence-corrected chi connectivity index (χ1v) is 5.50. The molecule has 0 radical (unpaired) electrons. The highest BCUT2D eigenvalue weighted by Gasteiger charge is 1.96. The minimum Gasteiger partial charge on any atom is -0.261 e. The van der Waals surface area contributed by atoms with Crippen molar-refractivity contribution < 1.29 is 0 Å². The average Bonchev–Trinajstić information content (AvgIpc) is 2.38. The van der Waals surface area contributed by atoms with E-state index < -0.39 is 0 Å².